The molecule has 0 aromatic carbocycles. The van der Waals surface area contributed by atoms with E-state index in [1.807, 2.05) is 0 Å². The molecule has 5 heteroatoms. The lowest BCUT2D eigenvalue weighted by molar-refractivity contribution is 0.207. The van der Waals surface area contributed by atoms with E-state index in [1.54, 1.807) is 0 Å². The molecule has 2 saturated heterocycles. The Labute approximate surface area is 114 Å². The van der Waals surface area contributed by atoms with Crippen molar-refractivity contribution in [2.45, 2.75) is 57.4 Å². The lowest BCUT2D eigenvalue weighted by atomic mass is 9.91. The minimum atomic E-state index is -0.130. The SMILES string of the molecule is CC1(c2nc(N3CCCCCC3)no2)CCCCN1. The van der Waals surface area contributed by atoms with Gasteiger partial charge in [-0.2, -0.15) is 4.98 Å². The van der Waals surface area contributed by atoms with E-state index in [0.29, 0.717) is 0 Å². The highest BCUT2D eigenvalue weighted by Gasteiger charge is 2.34. The minimum absolute atomic E-state index is 0.130. The van der Waals surface area contributed by atoms with Crippen LogP contribution in [0.1, 0.15) is 57.8 Å². The van der Waals surface area contributed by atoms with Gasteiger partial charge in [0.15, 0.2) is 0 Å². The van der Waals surface area contributed by atoms with Crippen molar-refractivity contribution in [2.75, 3.05) is 24.5 Å². The van der Waals surface area contributed by atoms with Crippen molar-refractivity contribution in [2.24, 2.45) is 0 Å². The molecule has 2 aliphatic heterocycles. The molecule has 3 rings (SSSR count). The third kappa shape index (κ3) is 2.76. The molecule has 0 aliphatic carbocycles. The van der Waals surface area contributed by atoms with Gasteiger partial charge in [-0.3, -0.25) is 0 Å². The Bertz CT molecular complexity index is 403. The van der Waals surface area contributed by atoms with Gasteiger partial charge in [-0.1, -0.05) is 12.8 Å². The third-order valence-electron chi connectivity index (χ3n) is 4.39. The summed E-state index contributed by atoms with van der Waals surface area (Å²) in [5.74, 6) is 1.54. The molecule has 1 atom stereocenters. The zero-order chi connectivity index (χ0) is 13.1. The molecule has 19 heavy (non-hydrogen) atoms. The Balaban J connectivity index is 1.74. The number of nitrogens with zero attached hydrogens (tertiary/aromatic N) is 3. The van der Waals surface area contributed by atoms with Crippen LogP contribution < -0.4 is 10.2 Å². The average Bonchev–Trinajstić information content (AvgIpc) is 2.77. The van der Waals surface area contributed by atoms with Crippen LogP contribution in [0.4, 0.5) is 5.95 Å². The van der Waals surface area contributed by atoms with Crippen molar-refractivity contribution in [3.63, 3.8) is 0 Å². The summed E-state index contributed by atoms with van der Waals surface area (Å²) in [5, 5.41) is 7.73. The largest absolute Gasteiger partial charge is 0.338 e. The predicted octanol–water partition coefficient (Wildman–Crippen LogP) is 2.44. The van der Waals surface area contributed by atoms with Gasteiger partial charge in [0.25, 0.3) is 5.95 Å². The van der Waals surface area contributed by atoms with Crippen LogP contribution in [-0.4, -0.2) is 29.8 Å². The summed E-state index contributed by atoms with van der Waals surface area (Å²) >= 11 is 0. The summed E-state index contributed by atoms with van der Waals surface area (Å²) in [6, 6.07) is 0. The number of piperidine rings is 1. The standard InChI is InChI=1S/C14H24N4O/c1-14(8-4-5-9-15-14)12-16-13(17-19-12)18-10-6-2-3-7-11-18/h15H,2-11H2,1H3. The molecule has 1 aromatic rings. The molecule has 0 amide bonds. The van der Waals surface area contributed by atoms with E-state index in [4.69, 9.17) is 4.52 Å². The van der Waals surface area contributed by atoms with E-state index in [1.165, 1.54) is 38.5 Å². The molecule has 0 saturated carbocycles. The Hall–Kier alpha value is -1.10. The average molecular weight is 264 g/mol. The summed E-state index contributed by atoms with van der Waals surface area (Å²) in [5.41, 5.74) is -0.130. The summed E-state index contributed by atoms with van der Waals surface area (Å²) in [6.45, 7) is 5.33. The summed E-state index contributed by atoms with van der Waals surface area (Å²) < 4.78 is 5.54. The highest BCUT2D eigenvalue weighted by Crippen LogP contribution is 2.30. The van der Waals surface area contributed by atoms with Crippen molar-refractivity contribution in [3.05, 3.63) is 5.89 Å². The van der Waals surface area contributed by atoms with Crippen LogP contribution in [-0.2, 0) is 5.54 Å². The maximum absolute atomic E-state index is 5.54. The number of anilines is 1. The van der Waals surface area contributed by atoms with Crippen LogP contribution in [0.2, 0.25) is 0 Å². The minimum Gasteiger partial charge on any atom is -0.338 e. The molecule has 0 bridgehead atoms. The van der Waals surface area contributed by atoms with Gasteiger partial charge in [0.2, 0.25) is 5.89 Å². The third-order valence-corrected chi connectivity index (χ3v) is 4.39. The fourth-order valence-corrected chi connectivity index (χ4v) is 3.08. The van der Waals surface area contributed by atoms with Gasteiger partial charge in [0, 0.05) is 13.1 Å². The van der Waals surface area contributed by atoms with Gasteiger partial charge < -0.3 is 14.7 Å². The van der Waals surface area contributed by atoms with Crippen molar-refractivity contribution < 1.29 is 4.52 Å². The van der Waals surface area contributed by atoms with Gasteiger partial charge in [-0.15, -0.1) is 0 Å². The van der Waals surface area contributed by atoms with Crippen LogP contribution in [0, 0.1) is 0 Å². The molecular formula is C14H24N4O. The highest BCUT2D eigenvalue weighted by atomic mass is 16.5. The van der Waals surface area contributed by atoms with Crippen LogP contribution in [0.15, 0.2) is 4.52 Å². The van der Waals surface area contributed by atoms with Crippen molar-refractivity contribution >= 4 is 5.95 Å². The number of nitrogens with one attached hydrogen (secondary N) is 1. The first-order valence-electron chi connectivity index (χ1n) is 7.62. The van der Waals surface area contributed by atoms with Gasteiger partial charge >= 0.3 is 0 Å². The lowest BCUT2D eigenvalue weighted by Gasteiger charge is -2.31. The first kappa shape index (κ1) is 12.9. The van der Waals surface area contributed by atoms with Gasteiger partial charge in [-0.05, 0) is 50.7 Å². The smallest absolute Gasteiger partial charge is 0.266 e. The van der Waals surface area contributed by atoms with E-state index in [9.17, 15) is 0 Å². The number of aromatic nitrogens is 2. The molecule has 5 nitrogen and oxygen atoms in total. The maximum atomic E-state index is 5.54. The summed E-state index contributed by atoms with van der Waals surface area (Å²) in [7, 11) is 0. The molecule has 0 radical (unpaired) electrons. The Morgan fingerprint density at radius 1 is 1.11 bits per heavy atom. The van der Waals surface area contributed by atoms with Crippen LogP contribution >= 0.6 is 0 Å². The Kier molecular flexibility index (Phi) is 3.73. The number of hydrogen-bond donors (Lipinski definition) is 1. The second-order valence-electron chi connectivity index (χ2n) is 6.02. The Morgan fingerprint density at radius 2 is 1.89 bits per heavy atom. The first-order valence-corrected chi connectivity index (χ1v) is 7.62. The summed E-state index contributed by atoms with van der Waals surface area (Å²) in [6.07, 6.45) is 8.65. The molecule has 106 valence electrons. The van der Waals surface area contributed by atoms with Gasteiger partial charge in [0.1, 0.15) is 0 Å². The quantitative estimate of drug-likeness (QED) is 0.889. The van der Waals surface area contributed by atoms with E-state index < -0.39 is 0 Å². The molecule has 3 heterocycles. The van der Waals surface area contributed by atoms with E-state index in [-0.39, 0.29) is 5.54 Å². The molecule has 1 aromatic heterocycles. The zero-order valence-electron chi connectivity index (χ0n) is 11.8. The molecule has 1 unspecified atom stereocenters. The number of hydrogen-bond acceptors (Lipinski definition) is 5. The van der Waals surface area contributed by atoms with Gasteiger partial charge in [0.05, 0.1) is 5.54 Å². The summed E-state index contributed by atoms with van der Waals surface area (Å²) in [4.78, 5) is 6.93. The second-order valence-corrected chi connectivity index (χ2v) is 6.02. The van der Waals surface area contributed by atoms with Crippen molar-refractivity contribution in [1.29, 1.82) is 0 Å². The van der Waals surface area contributed by atoms with Crippen LogP contribution in [0.5, 0.6) is 0 Å². The molecule has 2 fully saturated rings. The predicted molar refractivity (Wildman–Crippen MR) is 74.2 cm³/mol. The molecule has 1 N–H and O–H groups in total. The van der Waals surface area contributed by atoms with Crippen molar-refractivity contribution in [3.8, 4) is 0 Å². The fourth-order valence-electron chi connectivity index (χ4n) is 3.08. The molecule has 2 aliphatic rings. The lowest BCUT2D eigenvalue weighted by Crippen LogP contribution is -2.43. The van der Waals surface area contributed by atoms with Crippen molar-refractivity contribution in [1.82, 2.24) is 15.5 Å². The fraction of sp³-hybridized carbons (Fsp3) is 0.857. The van der Waals surface area contributed by atoms with Crippen LogP contribution in [0.3, 0.4) is 0 Å². The monoisotopic (exact) mass is 264 g/mol. The van der Waals surface area contributed by atoms with Crippen LogP contribution in [0.25, 0.3) is 0 Å². The second kappa shape index (κ2) is 5.49. The zero-order valence-corrected chi connectivity index (χ0v) is 11.8. The van der Waals surface area contributed by atoms with E-state index in [0.717, 1.165) is 37.9 Å². The number of rotatable bonds is 2. The topological polar surface area (TPSA) is 54.2 Å². The Morgan fingerprint density at radius 3 is 2.58 bits per heavy atom. The normalized spacial score (nSPS) is 29.2. The molecule has 0 spiro atoms. The van der Waals surface area contributed by atoms with Gasteiger partial charge in [-0.25, -0.2) is 0 Å². The first-order chi connectivity index (χ1) is 9.28. The highest BCUT2D eigenvalue weighted by molar-refractivity contribution is 5.28. The van der Waals surface area contributed by atoms with E-state index in [2.05, 4.69) is 27.3 Å². The maximum Gasteiger partial charge on any atom is 0.266 e. The molecular weight excluding hydrogens is 240 g/mol. The van der Waals surface area contributed by atoms with E-state index >= 15 is 0 Å².